The summed E-state index contributed by atoms with van der Waals surface area (Å²) in [4.78, 5) is 22.8. The van der Waals surface area contributed by atoms with Crippen molar-refractivity contribution in [3.05, 3.63) is 36.5 Å². The fourth-order valence-corrected chi connectivity index (χ4v) is 3.36. The molecular formula is C22H34O4. The molecule has 2 N–H and O–H groups in total. The molecule has 0 saturated heterocycles. The van der Waals surface area contributed by atoms with Crippen LogP contribution in [0, 0.1) is 11.8 Å². The van der Waals surface area contributed by atoms with Crippen LogP contribution in [0.4, 0.5) is 0 Å². The molecule has 146 valence electrons. The number of aliphatic carboxylic acids is 1. The number of allylic oxidation sites excluding steroid dienone is 4. The number of unbranched alkanes of at least 4 members (excludes halogenated alkanes) is 3. The van der Waals surface area contributed by atoms with Gasteiger partial charge in [0.05, 0.1) is 5.60 Å². The Bertz CT molecular complexity index is 542. The smallest absolute Gasteiger partial charge is 0.303 e. The predicted octanol–water partition coefficient (Wildman–Crippen LogP) is 4.84. The van der Waals surface area contributed by atoms with Crippen molar-refractivity contribution >= 4 is 11.8 Å². The van der Waals surface area contributed by atoms with Gasteiger partial charge in [-0.3, -0.25) is 9.59 Å². The lowest BCUT2D eigenvalue weighted by Crippen LogP contribution is -2.21. The zero-order valence-electron chi connectivity index (χ0n) is 16.2. The lowest BCUT2D eigenvalue weighted by Gasteiger charge is -2.21. The second kappa shape index (κ2) is 11.1. The fourth-order valence-electron chi connectivity index (χ4n) is 3.36. The molecule has 4 heteroatoms. The second-order valence-corrected chi connectivity index (χ2v) is 7.60. The summed E-state index contributed by atoms with van der Waals surface area (Å²) in [5, 5.41) is 19.1. The third kappa shape index (κ3) is 8.13. The Morgan fingerprint density at radius 2 is 2.04 bits per heavy atom. The summed E-state index contributed by atoms with van der Waals surface area (Å²) in [6.45, 7) is 8.00. The minimum absolute atomic E-state index is 0.0242. The molecule has 0 aromatic heterocycles. The molecule has 0 amide bonds. The molecule has 1 fully saturated rings. The van der Waals surface area contributed by atoms with Gasteiger partial charge in [0.15, 0.2) is 0 Å². The van der Waals surface area contributed by atoms with E-state index in [1.54, 1.807) is 0 Å². The minimum Gasteiger partial charge on any atom is -0.481 e. The summed E-state index contributed by atoms with van der Waals surface area (Å²) in [5.41, 5.74) is 0.0677. The quantitative estimate of drug-likeness (QED) is 0.385. The first kappa shape index (κ1) is 22.4. The van der Waals surface area contributed by atoms with Crippen molar-refractivity contribution in [1.29, 1.82) is 0 Å². The highest BCUT2D eigenvalue weighted by Crippen LogP contribution is 2.37. The minimum atomic E-state index is -0.849. The van der Waals surface area contributed by atoms with Crippen LogP contribution < -0.4 is 0 Å². The van der Waals surface area contributed by atoms with Crippen LogP contribution in [0.15, 0.2) is 36.5 Å². The summed E-state index contributed by atoms with van der Waals surface area (Å²) in [6, 6.07) is 0. The molecule has 0 radical (unpaired) electrons. The van der Waals surface area contributed by atoms with Gasteiger partial charge >= 0.3 is 5.97 Å². The van der Waals surface area contributed by atoms with Crippen molar-refractivity contribution < 1.29 is 19.8 Å². The van der Waals surface area contributed by atoms with E-state index in [0.29, 0.717) is 25.7 Å². The van der Waals surface area contributed by atoms with Crippen LogP contribution in [-0.4, -0.2) is 27.6 Å². The molecule has 1 aliphatic rings. The van der Waals surface area contributed by atoms with Crippen LogP contribution in [0.25, 0.3) is 0 Å². The number of carboxylic acid groups (broad SMARTS) is 1. The van der Waals surface area contributed by atoms with E-state index in [9.17, 15) is 14.7 Å². The first-order chi connectivity index (χ1) is 12.3. The van der Waals surface area contributed by atoms with E-state index in [2.05, 4.69) is 13.5 Å². The lowest BCUT2D eigenvalue weighted by molar-refractivity contribution is -0.137. The van der Waals surface area contributed by atoms with Crippen molar-refractivity contribution in [3.63, 3.8) is 0 Å². The zero-order valence-corrected chi connectivity index (χ0v) is 16.2. The van der Waals surface area contributed by atoms with Crippen molar-refractivity contribution in [2.24, 2.45) is 11.8 Å². The lowest BCUT2D eigenvalue weighted by atomic mass is 9.88. The van der Waals surface area contributed by atoms with Gasteiger partial charge in [0, 0.05) is 24.7 Å². The first-order valence-corrected chi connectivity index (χ1v) is 9.75. The van der Waals surface area contributed by atoms with E-state index in [4.69, 9.17) is 5.11 Å². The molecule has 0 aliphatic heterocycles. The molecule has 0 heterocycles. The average Bonchev–Trinajstić information content (AvgIpc) is 2.82. The maximum atomic E-state index is 12.3. The van der Waals surface area contributed by atoms with Crippen LogP contribution in [0.3, 0.4) is 0 Å². The number of hydrogen-bond donors (Lipinski definition) is 2. The number of hydrogen-bond acceptors (Lipinski definition) is 3. The SMILES string of the molecule is C=C1CC(=O)[C@H](C/C=C\CCCC(=O)O)[C@H]1/C=C/[C@](C)(O)CCCCC. The Balaban J connectivity index is 2.59. The van der Waals surface area contributed by atoms with Gasteiger partial charge < -0.3 is 10.2 Å². The number of Topliss-reactive ketones (excluding diaryl/α,β-unsaturated/α-hetero) is 1. The summed E-state index contributed by atoms with van der Waals surface area (Å²) < 4.78 is 0. The molecule has 4 nitrogen and oxygen atoms in total. The van der Waals surface area contributed by atoms with Gasteiger partial charge in [-0.25, -0.2) is 0 Å². The maximum Gasteiger partial charge on any atom is 0.303 e. The number of carboxylic acids is 1. The van der Waals surface area contributed by atoms with Crippen molar-refractivity contribution in [1.82, 2.24) is 0 Å². The average molecular weight is 363 g/mol. The standard InChI is InChI=1S/C22H34O4/c1-4-5-10-14-22(3,26)15-13-18-17(2)16-20(23)19(18)11-8-6-7-9-12-21(24)25/h6,8,13,15,18-19,26H,2,4-5,7,9-12,14,16H2,1,3H3,(H,24,25)/b8-6-,15-13+/t18-,19+,22+/m0/s1. The molecule has 0 unspecified atom stereocenters. The summed E-state index contributed by atoms with van der Waals surface area (Å²) in [7, 11) is 0. The number of carbonyl (C=O) groups is 2. The van der Waals surface area contributed by atoms with E-state index in [-0.39, 0.29) is 24.0 Å². The Morgan fingerprint density at radius 1 is 1.31 bits per heavy atom. The third-order valence-corrected chi connectivity index (χ3v) is 4.99. The molecule has 1 rings (SSSR count). The molecular weight excluding hydrogens is 328 g/mol. The zero-order chi connectivity index (χ0) is 19.6. The highest BCUT2D eigenvalue weighted by Gasteiger charge is 2.35. The Hall–Kier alpha value is -1.68. The van der Waals surface area contributed by atoms with Crippen LogP contribution >= 0.6 is 0 Å². The fraction of sp³-hybridized carbons (Fsp3) is 0.636. The third-order valence-electron chi connectivity index (χ3n) is 4.99. The highest BCUT2D eigenvalue weighted by molar-refractivity contribution is 5.87. The van der Waals surface area contributed by atoms with E-state index in [0.717, 1.165) is 31.3 Å². The normalized spacial score (nSPS) is 23.2. The van der Waals surface area contributed by atoms with E-state index in [1.165, 1.54) is 0 Å². The van der Waals surface area contributed by atoms with E-state index in [1.807, 2.05) is 31.2 Å². The number of rotatable bonds is 12. The molecule has 1 aliphatic carbocycles. The Kier molecular flexibility index (Phi) is 9.57. The molecule has 26 heavy (non-hydrogen) atoms. The summed E-state index contributed by atoms with van der Waals surface area (Å²) in [6.07, 6.45) is 14.2. The van der Waals surface area contributed by atoms with Crippen molar-refractivity contribution in [2.45, 2.75) is 77.2 Å². The topological polar surface area (TPSA) is 74.6 Å². The monoisotopic (exact) mass is 362 g/mol. The van der Waals surface area contributed by atoms with Gasteiger partial charge in [-0.1, -0.05) is 62.6 Å². The van der Waals surface area contributed by atoms with Gasteiger partial charge in [-0.05, 0) is 32.6 Å². The Morgan fingerprint density at radius 3 is 2.69 bits per heavy atom. The van der Waals surface area contributed by atoms with E-state index >= 15 is 0 Å². The van der Waals surface area contributed by atoms with Crippen molar-refractivity contribution in [3.8, 4) is 0 Å². The molecule has 0 bridgehead atoms. The molecule has 1 saturated carbocycles. The second-order valence-electron chi connectivity index (χ2n) is 7.60. The molecule has 0 aromatic rings. The van der Waals surface area contributed by atoms with Gasteiger partial charge in [0.25, 0.3) is 0 Å². The van der Waals surface area contributed by atoms with Crippen LogP contribution in [0.2, 0.25) is 0 Å². The van der Waals surface area contributed by atoms with Crippen LogP contribution in [0.5, 0.6) is 0 Å². The number of carbonyl (C=O) groups excluding carboxylic acids is 1. The predicted molar refractivity (Wildman–Crippen MR) is 105 cm³/mol. The maximum absolute atomic E-state index is 12.3. The van der Waals surface area contributed by atoms with Crippen LogP contribution in [0.1, 0.15) is 71.6 Å². The first-order valence-electron chi connectivity index (χ1n) is 9.75. The van der Waals surface area contributed by atoms with Crippen molar-refractivity contribution in [2.75, 3.05) is 0 Å². The molecule has 0 spiro atoms. The number of ketones is 1. The summed E-state index contributed by atoms with van der Waals surface area (Å²) in [5.74, 6) is -0.730. The van der Waals surface area contributed by atoms with Crippen LogP contribution in [-0.2, 0) is 9.59 Å². The van der Waals surface area contributed by atoms with Gasteiger partial charge in [-0.15, -0.1) is 0 Å². The summed E-state index contributed by atoms with van der Waals surface area (Å²) >= 11 is 0. The largest absolute Gasteiger partial charge is 0.481 e. The molecule has 3 atom stereocenters. The van der Waals surface area contributed by atoms with Gasteiger partial charge in [-0.2, -0.15) is 0 Å². The highest BCUT2D eigenvalue weighted by atomic mass is 16.4. The molecule has 0 aromatic carbocycles. The van der Waals surface area contributed by atoms with E-state index < -0.39 is 11.6 Å². The number of aliphatic hydroxyl groups is 1. The van der Waals surface area contributed by atoms with Gasteiger partial charge in [0.1, 0.15) is 5.78 Å². The van der Waals surface area contributed by atoms with Gasteiger partial charge in [0.2, 0.25) is 0 Å². The Labute approximate surface area is 157 Å².